The first kappa shape index (κ1) is 19.8. The van der Waals surface area contributed by atoms with E-state index in [0.717, 1.165) is 24.0 Å². The van der Waals surface area contributed by atoms with Gasteiger partial charge in [-0.3, -0.25) is 4.79 Å². The van der Waals surface area contributed by atoms with Crippen LogP contribution in [0.15, 0.2) is 48.5 Å². The molecular formula is C21H27NO4. The zero-order valence-electron chi connectivity index (χ0n) is 15.4. The van der Waals surface area contributed by atoms with Gasteiger partial charge in [-0.15, -0.1) is 0 Å². The number of benzene rings is 2. The van der Waals surface area contributed by atoms with Gasteiger partial charge in [-0.1, -0.05) is 49.7 Å². The van der Waals surface area contributed by atoms with E-state index >= 15 is 0 Å². The smallest absolute Gasteiger partial charge is 0.321 e. The Morgan fingerprint density at radius 1 is 1.12 bits per heavy atom. The molecule has 0 radical (unpaired) electrons. The van der Waals surface area contributed by atoms with Crippen LogP contribution < -0.4 is 14.8 Å². The lowest BCUT2D eigenvalue weighted by molar-refractivity contribution is -0.139. The molecule has 0 spiro atoms. The molecular weight excluding hydrogens is 330 g/mol. The van der Waals surface area contributed by atoms with Gasteiger partial charge in [-0.25, -0.2) is 0 Å². The average Bonchev–Trinajstić information content (AvgIpc) is 2.66. The van der Waals surface area contributed by atoms with Crippen LogP contribution in [-0.4, -0.2) is 30.8 Å². The van der Waals surface area contributed by atoms with Crippen molar-refractivity contribution in [3.63, 3.8) is 0 Å². The van der Waals surface area contributed by atoms with Crippen LogP contribution in [0.5, 0.6) is 11.5 Å². The normalized spacial score (nSPS) is 11.8. The molecule has 0 saturated heterocycles. The molecule has 2 aromatic rings. The van der Waals surface area contributed by atoms with Crippen molar-refractivity contribution in [3.05, 3.63) is 59.7 Å². The van der Waals surface area contributed by atoms with Gasteiger partial charge in [0.05, 0.1) is 13.7 Å². The third-order valence-electron chi connectivity index (χ3n) is 4.12. The molecule has 0 heterocycles. The van der Waals surface area contributed by atoms with Gasteiger partial charge in [0.15, 0.2) is 11.5 Å². The van der Waals surface area contributed by atoms with E-state index in [1.54, 1.807) is 7.11 Å². The summed E-state index contributed by atoms with van der Waals surface area (Å²) < 4.78 is 11.1. The SMILES string of the molecule is CCCCOc1cc(CN[C@H](Cc2ccccc2)C(=O)O)ccc1OC. The van der Waals surface area contributed by atoms with Gasteiger partial charge in [-0.05, 0) is 36.1 Å². The van der Waals surface area contributed by atoms with Crippen LogP contribution in [-0.2, 0) is 17.8 Å². The Kier molecular flexibility index (Phi) is 7.96. The van der Waals surface area contributed by atoms with Crippen LogP contribution in [0, 0.1) is 0 Å². The summed E-state index contributed by atoms with van der Waals surface area (Å²) in [6.45, 7) is 3.19. The molecule has 2 N–H and O–H groups in total. The highest BCUT2D eigenvalue weighted by Gasteiger charge is 2.17. The number of nitrogens with one attached hydrogen (secondary N) is 1. The lowest BCUT2D eigenvalue weighted by atomic mass is 10.1. The predicted octanol–water partition coefficient (Wildman–Crippen LogP) is 3.66. The minimum absolute atomic E-state index is 0.437. The maximum absolute atomic E-state index is 11.6. The maximum Gasteiger partial charge on any atom is 0.321 e. The zero-order chi connectivity index (χ0) is 18.8. The number of carboxylic acid groups (broad SMARTS) is 1. The van der Waals surface area contributed by atoms with E-state index in [1.807, 2.05) is 48.5 Å². The molecule has 140 valence electrons. The standard InChI is InChI=1S/C21H27NO4/c1-3-4-12-26-20-14-17(10-11-19(20)25-2)15-22-18(21(23)24)13-16-8-6-5-7-9-16/h5-11,14,18,22H,3-4,12-13,15H2,1-2H3,(H,23,24)/t18-/m1/s1. The van der Waals surface area contributed by atoms with E-state index in [0.29, 0.717) is 31.1 Å². The fraction of sp³-hybridized carbons (Fsp3) is 0.381. The zero-order valence-corrected chi connectivity index (χ0v) is 15.4. The Morgan fingerprint density at radius 2 is 1.88 bits per heavy atom. The molecule has 0 aliphatic heterocycles. The van der Waals surface area contributed by atoms with E-state index in [9.17, 15) is 9.90 Å². The van der Waals surface area contributed by atoms with Crippen LogP contribution in [0.3, 0.4) is 0 Å². The number of hydrogen-bond acceptors (Lipinski definition) is 4. The molecule has 5 nitrogen and oxygen atoms in total. The molecule has 0 bridgehead atoms. The second kappa shape index (κ2) is 10.5. The minimum Gasteiger partial charge on any atom is -0.493 e. The fourth-order valence-corrected chi connectivity index (χ4v) is 2.61. The Morgan fingerprint density at radius 3 is 2.54 bits per heavy atom. The molecule has 2 aromatic carbocycles. The third kappa shape index (κ3) is 6.08. The molecule has 0 aromatic heterocycles. The molecule has 26 heavy (non-hydrogen) atoms. The van der Waals surface area contributed by atoms with Gasteiger partial charge in [0.25, 0.3) is 0 Å². The number of rotatable bonds is 11. The van der Waals surface area contributed by atoms with Crippen LogP contribution in [0.2, 0.25) is 0 Å². The molecule has 0 aliphatic rings. The first-order valence-corrected chi connectivity index (χ1v) is 8.93. The van der Waals surface area contributed by atoms with Gasteiger partial charge >= 0.3 is 5.97 Å². The predicted molar refractivity (Wildman–Crippen MR) is 102 cm³/mol. The van der Waals surface area contributed by atoms with Crippen molar-refractivity contribution >= 4 is 5.97 Å². The minimum atomic E-state index is -0.859. The van der Waals surface area contributed by atoms with Crippen LogP contribution in [0.4, 0.5) is 0 Å². The summed E-state index contributed by atoms with van der Waals surface area (Å²) >= 11 is 0. The quantitative estimate of drug-likeness (QED) is 0.601. The maximum atomic E-state index is 11.6. The molecule has 5 heteroatoms. The first-order chi connectivity index (χ1) is 12.6. The van der Waals surface area contributed by atoms with Crippen molar-refractivity contribution in [2.24, 2.45) is 0 Å². The van der Waals surface area contributed by atoms with Crippen LogP contribution in [0.1, 0.15) is 30.9 Å². The van der Waals surface area contributed by atoms with E-state index in [4.69, 9.17) is 9.47 Å². The first-order valence-electron chi connectivity index (χ1n) is 8.93. The lowest BCUT2D eigenvalue weighted by Gasteiger charge is -2.16. The highest BCUT2D eigenvalue weighted by atomic mass is 16.5. The van der Waals surface area contributed by atoms with Crippen molar-refractivity contribution in [1.82, 2.24) is 5.32 Å². The van der Waals surface area contributed by atoms with Crippen LogP contribution in [0.25, 0.3) is 0 Å². The fourth-order valence-electron chi connectivity index (χ4n) is 2.61. The van der Waals surface area contributed by atoms with Gasteiger partial charge in [0.1, 0.15) is 6.04 Å². The van der Waals surface area contributed by atoms with E-state index in [-0.39, 0.29) is 0 Å². The van der Waals surface area contributed by atoms with Crippen molar-refractivity contribution in [3.8, 4) is 11.5 Å². The summed E-state index contributed by atoms with van der Waals surface area (Å²) in [6.07, 6.45) is 2.47. The van der Waals surface area contributed by atoms with E-state index < -0.39 is 12.0 Å². The average molecular weight is 357 g/mol. The van der Waals surface area contributed by atoms with Crippen molar-refractivity contribution < 1.29 is 19.4 Å². The molecule has 1 atom stereocenters. The lowest BCUT2D eigenvalue weighted by Crippen LogP contribution is -2.38. The Bertz CT molecular complexity index is 688. The van der Waals surface area contributed by atoms with Gasteiger partial charge in [0, 0.05) is 6.54 Å². The topological polar surface area (TPSA) is 67.8 Å². The number of aliphatic carboxylic acids is 1. The van der Waals surface area contributed by atoms with Gasteiger partial charge in [0.2, 0.25) is 0 Å². The number of unbranched alkanes of at least 4 members (excludes halogenated alkanes) is 1. The largest absolute Gasteiger partial charge is 0.493 e. The van der Waals surface area contributed by atoms with Crippen molar-refractivity contribution in [1.29, 1.82) is 0 Å². The van der Waals surface area contributed by atoms with Crippen molar-refractivity contribution in [2.45, 2.75) is 38.8 Å². The Labute approximate surface area is 155 Å². The number of ether oxygens (including phenoxy) is 2. The molecule has 0 unspecified atom stereocenters. The number of methoxy groups -OCH3 is 1. The molecule has 0 saturated carbocycles. The summed E-state index contributed by atoms with van der Waals surface area (Å²) in [5.74, 6) is 0.515. The molecule has 0 fully saturated rings. The number of carbonyl (C=O) groups is 1. The third-order valence-corrected chi connectivity index (χ3v) is 4.12. The second-order valence-corrected chi connectivity index (χ2v) is 6.15. The van der Waals surface area contributed by atoms with Crippen LogP contribution >= 0.6 is 0 Å². The number of carboxylic acids is 1. The van der Waals surface area contributed by atoms with Crippen molar-refractivity contribution in [2.75, 3.05) is 13.7 Å². The van der Waals surface area contributed by atoms with Gasteiger partial charge < -0.3 is 19.9 Å². The molecule has 0 aliphatic carbocycles. The number of hydrogen-bond donors (Lipinski definition) is 2. The van der Waals surface area contributed by atoms with Gasteiger partial charge in [-0.2, -0.15) is 0 Å². The highest BCUT2D eigenvalue weighted by Crippen LogP contribution is 2.28. The summed E-state index contributed by atoms with van der Waals surface area (Å²) in [4.78, 5) is 11.6. The second-order valence-electron chi connectivity index (χ2n) is 6.15. The highest BCUT2D eigenvalue weighted by molar-refractivity contribution is 5.73. The van der Waals surface area contributed by atoms with E-state index in [1.165, 1.54) is 0 Å². The Balaban J connectivity index is 2.01. The molecule has 2 rings (SSSR count). The monoisotopic (exact) mass is 357 g/mol. The Hall–Kier alpha value is -2.53. The van der Waals surface area contributed by atoms with E-state index in [2.05, 4.69) is 12.2 Å². The molecule has 0 amide bonds. The summed E-state index contributed by atoms with van der Waals surface area (Å²) in [6, 6.07) is 14.6. The summed E-state index contributed by atoms with van der Waals surface area (Å²) in [5.41, 5.74) is 1.95. The summed E-state index contributed by atoms with van der Waals surface area (Å²) in [5, 5.41) is 12.6. The summed E-state index contributed by atoms with van der Waals surface area (Å²) in [7, 11) is 1.61.